The van der Waals surface area contributed by atoms with Gasteiger partial charge in [0.15, 0.2) is 0 Å². The van der Waals surface area contributed by atoms with Crippen LogP contribution in [0.15, 0.2) is 42.5 Å². The SMILES string of the molecule is C1=CCP(c2ccccc2)C1.CC. The van der Waals surface area contributed by atoms with Gasteiger partial charge in [-0.25, -0.2) is 0 Å². The molecule has 0 atom stereocenters. The molecule has 0 radical (unpaired) electrons. The fourth-order valence-electron chi connectivity index (χ4n) is 1.33. The second kappa shape index (κ2) is 5.94. The van der Waals surface area contributed by atoms with Gasteiger partial charge in [0.2, 0.25) is 0 Å². The number of hydrogen-bond acceptors (Lipinski definition) is 0. The molecule has 1 heterocycles. The Morgan fingerprint density at radius 3 is 2.00 bits per heavy atom. The van der Waals surface area contributed by atoms with Crippen molar-refractivity contribution in [2.45, 2.75) is 13.8 Å². The number of hydrogen-bond donors (Lipinski definition) is 0. The van der Waals surface area contributed by atoms with Crippen molar-refractivity contribution >= 4 is 13.2 Å². The van der Waals surface area contributed by atoms with Gasteiger partial charge in [-0.15, -0.1) is 0 Å². The molecule has 0 saturated heterocycles. The van der Waals surface area contributed by atoms with Crippen LogP contribution in [0.1, 0.15) is 13.8 Å². The molecule has 0 aliphatic carbocycles. The molecule has 0 bridgehead atoms. The first kappa shape index (κ1) is 10.5. The second-order valence-electron chi connectivity index (χ2n) is 2.71. The van der Waals surface area contributed by atoms with Crippen molar-refractivity contribution in [2.24, 2.45) is 0 Å². The Morgan fingerprint density at radius 2 is 1.46 bits per heavy atom. The van der Waals surface area contributed by atoms with Gasteiger partial charge in [0, 0.05) is 0 Å². The van der Waals surface area contributed by atoms with E-state index in [1.165, 1.54) is 12.3 Å². The highest BCUT2D eigenvalue weighted by molar-refractivity contribution is 7.66. The largest absolute Gasteiger partial charge is 0.0835 e. The Bertz CT molecular complexity index is 243. The molecule has 70 valence electrons. The van der Waals surface area contributed by atoms with Crippen molar-refractivity contribution in [1.82, 2.24) is 0 Å². The van der Waals surface area contributed by atoms with Crippen molar-refractivity contribution in [3.8, 4) is 0 Å². The van der Waals surface area contributed by atoms with E-state index in [-0.39, 0.29) is 7.92 Å². The average Bonchev–Trinajstić information content (AvgIpc) is 2.75. The van der Waals surface area contributed by atoms with Gasteiger partial charge >= 0.3 is 0 Å². The van der Waals surface area contributed by atoms with Crippen LogP contribution in [0.2, 0.25) is 0 Å². The standard InChI is InChI=1S/C10H11P.C2H6/c1-2-6-10(7-3-1)11-8-4-5-9-11;1-2/h1-7H,8-9H2;1-2H3. The van der Waals surface area contributed by atoms with Gasteiger partial charge in [-0.3, -0.25) is 0 Å². The van der Waals surface area contributed by atoms with E-state index >= 15 is 0 Å². The van der Waals surface area contributed by atoms with E-state index in [1.807, 2.05) is 13.8 Å². The molecule has 0 fully saturated rings. The summed E-state index contributed by atoms with van der Waals surface area (Å²) in [7, 11) is 0.149. The van der Waals surface area contributed by atoms with Gasteiger partial charge in [0.1, 0.15) is 0 Å². The Morgan fingerprint density at radius 1 is 0.923 bits per heavy atom. The Labute approximate surface area is 82.4 Å². The lowest BCUT2D eigenvalue weighted by molar-refractivity contribution is 1.50. The Balaban J connectivity index is 0.000000396. The van der Waals surface area contributed by atoms with E-state index in [2.05, 4.69) is 42.5 Å². The summed E-state index contributed by atoms with van der Waals surface area (Å²) in [5.41, 5.74) is 0. The summed E-state index contributed by atoms with van der Waals surface area (Å²) in [6.45, 7) is 4.00. The van der Waals surface area contributed by atoms with Crippen molar-refractivity contribution in [2.75, 3.05) is 12.3 Å². The van der Waals surface area contributed by atoms with Gasteiger partial charge in [0.25, 0.3) is 0 Å². The summed E-state index contributed by atoms with van der Waals surface area (Å²) in [5, 5.41) is 1.55. The summed E-state index contributed by atoms with van der Waals surface area (Å²) >= 11 is 0. The minimum Gasteiger partial charge on any atom is -0.0835 e. The minimum atomic E-state index is 0.149. The van der Waals surface area contributed by atoms with Crippen LogP contribution in [0.3, 0.4) is 0 Å². The molecule has 0 nitrogen and oxygen atoms in total. The lowest BCUT2D eigenvalue weighted by atomic mass is 10.4. The van der Waals surface area contributed by atoms with Crippen molar-refractivity contribution in [3.05, 3.63) is 42.5 Å². The normalized spacial score (nSPS) is 15.2. The van der Waals surface area contributed by atoms with E-state index < -0.39 is 0 Å². The van der Waals surface area contributed by atoms with Gasteiger partial charge in [-0.1, -0.05) is 64.3 Å². The molecule has 0 unspecified atom stereocenters. The van der Waals surface area contributed by atoms with Gasteiger partial charge in [-0.2, -0.15) is 0 Å². The zero-order valence-electron chi connectivity index (χ0n) is 8.40. The van der Waals surface area contributed by atoms with E-state index in [1.54, 1.807) is 5.30 Å². The van der Waals surface area contributed by atoms with Crippen LogP contribution in [-0.4, -0.2) is 12.3 Å². The highest BCUT2D eigenvalue weighted by Crippen LogP contribution is 2.37. The Hall–Kier alpha value is -0.610. The lowest BCUT2D eigenvalue weighted by Gasteiger charge is -2.08. The highest BCUT2D eigenvalue weighted by Gasteiger charge is 2.10. The molecule has 13 heavy (non-hydrogen) atoms. The molecule has 1 aromatic rings. The quantitative estimate of drug-likeness (QED) is 0.472. The molecule has 1 aliphatic rings. The third-order valence-electron chi connectivity index (χ3n) is 1.94. The predicted octanol–water partition coefficient (Wildman–Crippen LogP) is 3.39. The van der Waals surface area contributed by atoms with Crippen LogP contribution >= 0.6 is 7.92 Å². The number of rotatable bonds is 1. The number of allylic oxidation sites excluding steroid dienone is 2. The molecule has 1 aliphatic heterocycles. The zero-order chi connectivity index (χ0) is 9.52. The average molecular weight is 192 g/mol. The summed E-state index contributed by atoms with van der Waals surface area (Å²) in [6, 6.07) is 10.9. The number of benzene rings is 1. The van der Waals surface area contributed by atoms with Crippen LogP contribution < -0.4 is 5.30 Å². The Kier molecular flexibility index (Phi) is 4.78. The third-order valence-corrected chi connectivity index (χ3v) is 4.27. The molecular weight excluding hydrogens is 175 g/mol. The molecule has 2 rings (SSSR count). The molecule has 0 amide bonds. The summed E-state index contributed by atoms with van der Waals surface area (Å²) in [5.74, 6) is 0. The molecule has 0 saturated carbocycles. The van der Waals surface area contributed by atoms with E-state index in [0.717, 1.165) is 0 Å². The van der Waals surface area contributed by atoms with Gasteiger partial charge in [0.05, 0.1) is 0 Å². The fourth-order valence-corrected chi connectivity index (χ4v) is 3.30. The van der Waals surface area contributed by atoms with Crippen LogP contribution in [0.4, 0.5) is 0 Å². The van der Waals surface area contributed by atoms with Crippen LogP contribution in [0.5, 0.6) is 0 Å². The topological polar surface area (TPSA) is 0 Å². The smallest absolute Gasteiger partial charge is 0.0102 e. The second-order valence-corrected chi connectivity index (χ2v) is 5.04. The maximum absolute atomic E-state index is 2.30. The van der Waals surface area contributed by atoms with Gasteiger partial charge < -0.3 is 0 Å². The molecule has 0 aromatic heterocycles. The molecule has 0 spiro atoms. The van der Waals surface area contributed by atoms with Crippen LogP contribution in [0, 0.1) is 0 Å². The highest BCUT2D eigenvalue weighted by atomic mass is 31.1. The summed E-state index contributed by atoms with van der Waals surface area (Å²) in [6.07, 6.45) is 7.19. The molecule has 1 heteroatoms. The van der Waals surface area contributed by atoms with E-state index in [9.17, 15) is 0 Å². The maximum atomic E-state index is 2.30. The first-order chi connectivity index (χ1) is 6.47. The van der Waals surface area contributed by atoms with Crippen molar-refractivity contribution < 1.29 is 0 Å². The van der Waals surface area contributed by atoms with E-state index in [0.29, 0.717) is 0 Å². The monoisotopic (exact) mass is 192 g/mol. The summed E-state index contributed by atoms with van der Waals surface area (Å²) in [4.78, 5) is 0. The van der Waals surface area contributed by atoms with Crippen molar-refractivity contribution in [1.29, 1.82) is 0 Å². The fraction of sp³-hybridized carbons (Fsp3) is 0.333. The lowest BCUT2D eigenvalue weighted by Crippen LogP contribution is -2.00. The first-order valence-corrected chi connectivity index (χ1v) is 6.63. The molecular formula is C12H17P. The van der Waals surface area contributed by atoms with E-state index in [4.69, 9.17) is 0 Å². The van der Waals surface area contributed by atoms with Crippen molar-refractivity contribution in [3.63, 3.8) is 0 Å². The van der Waals surface area contributed by atoms with Gasteiger partial charge in [-0.05, 0) is 17.6 Å². The predicted molar refractivity (Wildman–Crippen MR) is 63.2 cm³/mol. The first-order valence-electron chi connectivity index (χ1n) is 4.92. The maximum Gasteiger partial charge on any atom is -0.0102 e. The van der Waals surface area contributed by atoms with Crippen LogP contribution in [-0.2, 0) is 0 Å². The third kappa shape index (κ3) is 2.97. The molecule has 0 N–H and O–H groups in total. The minimum absolute atomic E-state index is 0.149. The zero-order valence-corrected chi connectivity index (χ0v) is 9.30. The molecule has 1 aromatic carbocycles. The van der Waals surface area contributed by atoms with Crippen LogP contribution in [0.25, 0.3) is 0 Å². The summed E-state index contributed by atoms with van der Waals surface area (Å²) < 4.78 is 0.